The molecule has 84 valence electrons. The molecule has 0 aromatic heterocycles. The maximum atomic E-state index is 9.72. The van der Waals surface area contributed by atoms with Crippen LogP contribution in [0, 0.1) is 0 Å². The van der Waals surface area contributed by atoms with Gasteiger partial charge in [0.2, 0.25) is 0 Å². The molecule has 0 fully saturated rings. The Morgan fingerprint density at radius 1 is 1.40 bits per heavy atom. The van der Waals surface area contributed by atoms with Gasteiger partial charge in [-0.1, -0.05) is 6.07 Å². The van der Waals surface area contributed by atoms with E-state index in [0.717, 1.165) is 24.3 Å². The van der Waals surface area contributed by atoms with E-state index in [4.69, 9.17) is 4.74 Å². The lowest BCUT2D eigenvalue weighted by Gasteiger charge is -2.15. The number of benzene rings is 1. The summed E-state index contributed by atoms with van der Waals surface area (Å²) in [5.74, 6) is 1.09. The highest BCUT2D eigenvalue weighted by atomic mass is 16.5. The summed E-state index contributed by atoms with van der Waals surface area (Å²) in [5, 5.41) is 12.8. The Labute approximate surface area is 91.1 Å². The van der Waals surface area contributed by atoms with Crippen LogP contribution in [0.4, 0.5) is 0 Å². The van der Waals surface area contributed by atoms with Crippen LogP contribution in [0.25, 0.3) is 0 Å². The third kappa shape index (κ3) is 3.44. The summed E-state index contributed by atoms with van der Waals surface area (Å²) in [5.41, 5.74) is 0.876. The number of aromatic hydroxyl groups is 1. The summed E-state index contributed by atoms with van der Waals surface area (Å²) in [4.78, 5) is 0. The number of hydrogen-bond acceptors (Lipinski definition) is 3. The minimum absolute atomic E-state index is 0.125. The van der Waals surface area contributed by atoms with Gasteiger partial charge in [0, 0.05) is 5.56 Å². The number of phenols is 1. The molecule has 1 aromatic carbocycles. The third-order valence-electron chi connectivity index (χ3n) is 2.10. The largest absolute Gasteiger partial charge is 0.508 e. The van der Waals surface area contributed by atoms with E-state index in [1.165, 1.54) is 0 Å². The number of nitrogens with one attached hydrogen (secondary N) is 1. The highest BCUT2D eigenvalue weighted by molar-refractivity contribution is 5.44. The first-order chi connectivity index (χ1) is 7.15. The standard InChI is InChI=1S/C12H19NO2/c1-9(2)15-12-6-4-5-11(14)10(12)7-8-13-3/h4-6,9,13-14H,7-8H2,1-3H3. The van der Waals surface area contributed by atoms with Crippen molar-refractivity contribution in [2.24, 2.45) is 0 Å². The highest BCUT2D eigenvalue weighted by Gasteiger charge is 2.09. The predicted octanol–water partition coefficient (Wildman–Crippen LogP) is 1.94. The molecule has 0 aliphatic carbocycles. The van der Waals surface area contributed by atoms with E-state index in [1.54, 1.807) is 12.1 Å². The van der Waals surface area contributed by atoms with Gasteiger partial charge in [-0.15, -0.1) is 0 Å². The molecule has 1 aromatic rings. The van der Waals surface area contributed by atoms with Crippen LogP contribution in [0.1, 0.15) is 19.4 Å². The second-order valence-electron chi connectivity index (χ2n) is 3.77. The van der Waals surface area contributed by atoms with Crippen molar-refractivity contribution in [3.63, 3.8) is 0 Å². The van der Waals surface area contributed by atoms with Crippen LogP contribution in [0.15, 0.2) is 18.2 Å². The third-order valence-corrected chi connectivity index (χ3v) is 2.10. The molecule has 3 nitrogen and oxygen atoms in total. The molecule has 0 spiro atoms. The zero-order valence-electron chi connectivity index (χ0n) is 9.58. The second-order valence-corrected chi connectivity index (χ2v) is 3.77. The minimum atomic E-state index is 0.125. The molecule has 1 rings (SSSR count). The quantitative estimate of drug-likeness (QED) is 0.778. The fraction of sp³-hybridized carbons (Fsp3) is 0.500. The molecule has 0 amide bonds. The van der Waals surface area contributed by atoms with Crippen molar-refractivity contribution in [2.45, 2.75) is 26.4 Å². The van der Waals surface area contributed by atoms with Crippen molar-refractivity contribution in [1.82, 2.24) is 5.32 Å². The van der Waals surface area contributed by atoms with Gasteiger partial charge >= 0.3 is 0 Å². The Kier molecular flexibility index (Phi) is 4.43. The molecule has 0 aliphatic heterocycles. The van der Waals surface area contributed by atoms with E-state index >= 15 is 0 Å². The van der Waals surface area contributed by atoms with E-state index in [-0.39, 0.29) is 6.10 Å². The summed E-state index contributed by atoms with van der Waals surface area (Å²) in [6, 6.07) is 5.39. The molecular weight excluding hydrogens is 190 g/mol. The van der Waals surface area contributed by atoms with Crippen LogP contribution in [0.3, 0.4) is 0 Å². The van der Waals surface area contributed by atoms with Crippen molar-refractivity contribution in [2.75, 3.05) is 13.6 Å². The van der Waals surface area contributed by atoms with Crippen molar-refractivity contribution in [3.8, 4) is 11.5 Å². The van der Waals surface area contributed by atoms with Gasteiger partial charge in [-0.05, 0) is 46.0 Å². The maximum Gasteiger partial charge on any atom is 0.126 e. The Balaban J connectivity index is 2.87. The van der Waals surface area contributed by atoms with Crippen LogP contribution >= 0.6 is 0 Å². The number of likely N-dealkylation sites (N-methyl/N-ethyl adjacent to an activating group) is 1. The van der Waals surface area contributed by atoms with Gasteiger partial charge in [-0.25, -0.2) is 0 Å². The van der Waals surface area contributed by atoms with E-state index < -0.39 is 0 Å². The molecule has 0 aliphatic rings. The molecule has 15 heavy (non-hydrogen) atoms. The Morgan fingerprint density at radius 2 is 2.13 bits per heavy atom. The van der Waals surface area contributed by atoms with Crippen LogP contribution in [-0.4, -0.2) is 24.8 Å². The number of rotatable bonds is 5. The average molecular weight is 209 g/mol. The first-order valence-corrected chi connectivity index (χ1v) is 5.27. The fourth-order valence-corrected chi connectivity index (χ4v) is 1.42. The van der Waals surface area contributed by atoms with E-state index in [1.807, 2.05) is 27.0 Å². The van der Waals surface area contributed by atoms with E-state index in [9.17, 15) is 5.11 Å². The molecule has 0 heterocycles. The SMILES string of the molecule is CNCCc1c(O)cccc1OC(C)C. The Bertz CT molecular complexity index is 310. The molecule has 0 saturated heterocycles. The highest BCUT2D eigenvalue weighted by Crippen LogP contribution is 2.28. The molecule has 0 unspecified atom stereocenters. The molecule has 0 radical (unpaired) electrons. The lowest BCUT2D eigenvalue weighted by atomic mass is 10.1. The first-order valence-electron chi connectivity index (χ1n) is 5.27. The number of ether oxygens (including phenoxy) is 1. The smallest absolute Gasteiger partial charge is 0.126 e. The molecule has 0 atom stereocenters. The molecule has 0 bridgehead atoms. The average Bonchev–Trinajstić information content (AvgIpc) is 2.16. The van der Waals surface area contributed by atoms with Crippen LogP contribution in [0.2, 0.25) is 0 Å². The molecular formula is C12H19NO2. The van der Waals surface area contributed by atoms with Crippen LogP contribution < -0.4 is 10.1 Å². The van der Waals surface area contributed by atoms with E-state index in [2.05, 4.69) is 5.32 Å². The Hall–Kier alpha value is -1.22. The summed E-state index contributed by atoms with van der Waals surface area (Å²) in [6.45, 7) is 4.78. The van der Waals surface area contributed by atoms with Gasteiger partial charge in [0.15, 0.2) is 0 Å². The predicted molar refractivity (Wildman–Crippen MR) is 61.5 cm³/mol. The monoisotopic (exact) mass is 209 g/mol. The number of phenolic OH excluding ortho intramolecular Hbond substituents is 1. The summed E-state index contributed by atoms with van der Waals surface area (Å²) in [7, 11) is 1.89. The molecule has 0 saturated carbocycles. The van der Waals surface area contributed by atoms with Gasteiger partial charge < -0.3 is 15.2 Å². The summed E-state index contributed by atoms with van der Waals surface area (Å²) in [6.07, 6.45) is 0.894. The van der Waals surface area contributed by atoms with Gasteiger partial charge in [0.05, 0.1) is 6.10 Å². The van der Waals surface area contributed by atoms with Crippen molar-refractivity contribution in [3.05, 3.63) is 23.8 Å². The van der Waals surface area contributed by atoms with Crippen molar-refractivity contribution >= 4 is 0 Å². The normalized spacial score (nSPS) is 10.7. The maximum absolute atomic E-state index is 9.72. The minimum Gasteiger partial charge on any atom is -0.508 e. The zero-order valence-corrected chi connectivity index (χ0v) is 9.58. The topological polar surface area (TPSA) is 41.5 Å². The van der Waals surface area contributed by atoms with Gasteiger partial charge in [-0.3, -0.25) is 0 Å². The van der Waals surface area contributed by atoms with Crippen molar-refractivity contribution < 1.29 is 9.84 Å². The van der Waals surface area contributed by atoms with Gasteiger partial charge in [0.1, 0.15) is 11.5 Å². The van der Waals surface area contributed by atoms with E-state index in [0.29, 0.717) is 5.75 Å². The van der Waals surface area contributed by atoms with Crippen LogP contribution in [-0.2, 0) is 6.42 Å². The zero-order chi connectivity index (χ0) is 11.3. The fourth-order valence-electron chi connectivity index (χ4n) is 1.42. The lowest BCUT2D eigenvalue weighted by Crippen LogP contribution is -2.13. The number of hydrogen-bond donors (Lipinski definition) is 2. The van der Waals surface area contributed by atoms with Gasteiger partial charge in [0.25, 0.3) is 0 Å². The summed E-state index contributed by atoms with van der Waals surface area (Å²) >= 11 is 0. The molecule has 2 N–H and O–H groups in total. The Morgan fingerprint density at radius 3 is 2.73 bits per heavy atom. The lowest BCUT2D eigenvalue weighted by molar-refractivity contribution is 0.238. The first kappa shape index (κ1) is 11.9. The second kappa shape index (κ2) is 5.61. The van der Waals surface area contributed by atoms with Crippen LogP contribution in [0.5, 0.6) is 11.5 Å². The summed E-state index contributed by atoms with van der Waals surface area (Å²) < 4.78 is 5.64. The van der Waals surface area contributed by atoms with Gasteiger partial charge in [-0.2, -0.15) is 0 Å². The van der Waals surface area contributed by atoms with Crippen molar-refractivity contribution in [1.29, 1.82) is 0 Å². The molecule has 3 heteroatoms.